The van der Waals surface area contributed by atoms with Gasteiger partial charge in [-0.15, -0.1) is 0 Å². The van der Waals surface area contributed by atoms with E-state index < -0.39 is 0 Å². The van der Waals surface area contributed by atoms with Gasteiger partial charge in [0.2, 0.25) is 0 Å². The summed E-state index contributed by atoms with van der Waals surface area (Å²) in [6, 6.07) is 0. The van der Waals surface area contributed by atoms with E-state index in [0.29, 0.717) is 0 Å². The zero-order valence-electron chi connectivity index (χ0n) is 4.47. The number of hydrogen-bond donors (Lipinski definition) is 2. The van der Waals surface area contributed by atoms with Crippen molar-refractivity contribution in [3.63, 3.8) is 0 Å². The predicted octanol–water partition coefficient (Wildman–Crippen LogP) is -0.580. The second-order valence-electron chi connectivity index (χ2n) is 0. The molecule has 0 saturated heterocycles. The Kier molecular flexibility index (Phi) is 970000. The number of rotatable bonds is 0. The molecule has 0 rings (SSSR count). The van der Waals surface area contributed by atoms with Crippen LogP contribution in [0.3, 0.4) is 0 Å². The number of aliphatic hydroxyl groups is 2. The SMILES string of the molecule is CO.CO.[B]C. The van der Waals surface area contributed by atoms with Gasteiger partial charge in [-0.25, -0.2) is 0 Å². The van der Waals surface area contributed by atoms with Crippen molar-refractivity contribution in [1.29, 1.82) is 0 Å². The highest BCUT2D eigenvalue weighted by molar-refractivity contribution is 6.05. The smallest absolute Gasteiger partial charge is 0.0606 e. The Morgan fingerprint density at radius 2 is 0.833 bits per heavy atom. The van der Waals surface area contributed by atoms with Crippen LogP contribution in [0, 0.1) is 0 Å². The highest BCUT2D eigenvalue weighted by Gasteiger charge is 0.984. The van der Waals surface area contributed by atoms with E-state index in [4.69, 9.17) is 10.2 Å². The van der Waals surface area contributed by atoms with E-state index in [0.717, 1.165) is 14.2 Å². The van der Waals surface area contributed by atoms with E-state index in [1.807, 2.05) is 0 Å². The largest absolute Gasteiger partial charge is 0.400 e. The lowest BCUT2D eigenvalue weighted by Crippen LogP contribution is -1.25. The molecule has 0 aromatic heterocycles. The molecule has 2 N–H and O–H groups in total. The fourth-order valence-electron chi connectivity index (χ4n) is 0. The standard InChI is InChI=1S/CH3B.2CH4O/c3*1-2/h1H3;2*2H,1H3. The fraction of sp³-hybridized carbons (Fsp3) is 1.00. The van der Waals surface area contributed by atoms with Crippen LogP contribution in [0.15, 0.2) is 0 Å². The molecule has 0 aliphatic heterocycles. The van der Waals surface area contributed by atoms with Crippen LogP contribution in [-0.4, -0.2) is 32.3 Å². The molecule has 0 saturated carbocycles. The molecule has 38 valence electrons. The van der Waals surface area contributed by atoms with Gasteiger partial charge in [0.15, 0.2) is 0 Å². The van der Waals surface area contributed by atoms with Gasteiger partial charge in [-0.3, -0.25) is 0 Å². The molecular formula is C3H11BO2. The molecule has 0 heterocycles. The van der Waals surface area contributed by atoms with Gasteiger partial charge in [0.1, 0.15) is 0 Å². The third kappa shape index (κ3) is 156000. The first-order valence-electron chi connectivity index (χ1n) is 1.47. The van der Waals surface area contributed by atoms with Crippen molar-refractivity contribution in [3.8, 4) is 0 Å². The van der Waals surface area contributed by atoms with E-state index >= 15 is 0 Å². The Hall–Kier alpha value is -0.0151. The minimum atomic E-state index is 1.00. The summed E-state index contributed by atoms with van der Waals surface area (Å²) in [4.78, 5) is 0. The summed E-state index contributed by atoms with van der Waals surface area (Å²) in [5, 5.41) is 14.0. The Balaban J connectivity index is -0.0000000225. The molecule has 0 aromatic carbocycles. The lowest BCUT2D eigenvalue weighted by Gasteiger charge is -1.21. The van der Waals surface area contributed by atoms with Crippen LogP contribution in [0.2, 0.25) is 6.82 Å². The molecule has 0 aromatic rings. The van der Waals surface area contributed by atoms with Crippen molar-refractivity contribution in [3.05, 3.63) is 0 Å². The van der Waals surface area contributed by atoms with E-state index in [-0.39, 0.29) is 0 Å². The lowest BCUT2D eigenvalue weighted by molar-refractivity contribution is 0.399. The van der Waals surface area contributed by atoms with Crippen molar-refractivity contribution in [1.82, 2.24) is 0 Å². The Labute approximate surface area is 40.2 Å². The molecule has 3 heteroatoms. The molecule has 0 bridgehead atoms. The van der Waals surface area contributed by atoms with Crippen molar-refractivity contribution < 1.29 is 10.2 Å². The van der Waals surface area contributed by atoms with Crippen LogP contribution in [0.25, 0.3) is 0 Å². The van der Waals surface area contributed by atoms with Gasteiger partial charge in [-0.2, -0.15) is 0 Å². The maximum atomic E-state index is 7.00. The molecule has 6 heavy (non-hydrogen) atoms. The van der Waals surface area contributed by atoms with E-state index in [2.05, 4.69) is 7.85 Å². The molecule has 0 amide bonds. The van der Waals surface area contributed by atoms with Crippen molar-refractivity contribution in [2.75, 3.05) is 14.2 Å². The summed E-state index contributed by atoms with van der Waals surface area (Å²) in [7, 11) is 6.50. The van der Waals surface area contributed by atoms with Crippen molar-refractivity contribution in [2.45, 2.75) is 6.82 Å². The minimum Gasteiger partial charge on any atom is -0.400 e. The van der Waals surface area contributed by atoms with Crippen LogP contribution < -0.4 is 0 Å². The van der Waals surface area contributed by atoms with Crippen LogP contribution in [0.4, 0.5) is 0 Å². The van der Waals surface area contributed by atoms with Gasteiger partial charge in [0.05, 0.1) is 7.85 Å². The summed E-state index contributed by atoms with van der Waals surface area (Å²) in [5.41, 5.74) is 0. The first kappa shape index (κ1) is 16.7. The van der Waals surface area contributed by atoms with Crippen molar-refractivity contribution >= 4 is 7.85 Å². The normalized spacial score (nSPS) is 2.83. The third-order valence-corrected chi connectivity index (χ3v) is 0. The molecule has 0 fully saturated rings. The first-order valence-corrected chi connectivity index (χ1v) is 1.47. The molecule has 2 nitrogen and oxygen atoms in total. The second-order valence-corrected chi connectivity index (χ2v) is 0. The highest BCUT2D eigenvalue weighted by atomic mass is 16.2. The quantitative estimate of drug-likeness (QED) is 0.390. The Bertz CT molecular complexity index is 8.75. The molecule has 0 aliphatic carbocycles. The van der Waals surface area contributed by atoms with Gasteiger partial charge >= 0.3 is 0 Å². The fourth-order valence-corrected chi connectivity index (χ4v) is 0. The van der Waals surface area contributed by atoms with Gasteiger partial charge in [-0.1, -0.05) is 6.82 Å². The van der Waals surface area contributed by atoms with Gasteiger partial charge < -0.3 is 10.2 Å². The van der Waals surface area contributed by atoms with E-state index in [1.54, 1.807) is 0 Å². The monoisotopic (exact) mass is 90.1 g/mol. The summed E-state index contributed by atoms with van der Waals surface area (Å²) in [5.74, 6) is 0. The average Bonchev–Trinajstić information content (AvgIpc) is 1.81. The molecule has 0 unspecified atom stereocenters. The maximum absolute atomic E-state index is 7.00. The first-order chi connectivity index (χ1) is 3.00. The maximum Gasteiger partial charge on any atom is 0.0606 e. The number of hydrogen-bond acceptors (Lipinski definition) is 2. The summed E-state index contributed by atoms with van der Waals surface area (Å²) in [6.45, 7) is 1.50. The summed E-state index contributed by atoms with van der Waals surface area (Å²) in [6.07, 6.45) is 0. The zero-order valence-corrected chi connectivity index (χ0v) is 4.47. The molecular weight excluding hydrogens is 78.8 g/mol. The Morgan fingerprint density at radius 3 is 0.833 bits per heavy atom. The second kappa shape index (κ2) is 349000. The Morgan fingerprint density at radius 1 is 0.833 bits per heavy atom. The molecule has 0 spiro atoms. The molecule has 2 radical (unpaired) electrons. The van der Waals surface area contributed by atoms with Gasteiger partial charge in [0, 0.05) is 14.2 Å². The number of aliphatic hydroxyl groups excluding tert-OH is 2. The molecule has 0 atom stereocenters. The summed E-state index contributed by atoms with van der Waals surface area (Å²) < 4.78 is 0. The lowest BCUT2D eigenvalue weighted by atomic mass is 10.2. The zero-order chi connectivity index (χ0) is 6.00. The van der Waals surface area contributed by atoms with Gasteiger partial charge in [-0.05, 0) is 0 Å². The third-order valence-electron chi connectivity index (χ3n) is 0. The van der Waals surface area contributed by atoms with Gasteiger partial charge in [0.25, 0.3) is 0 Å². The summed E-state index contributed by atoms with van der Waals surface area (Å²) >= 11 is 0. The highest BCUT2D eigenvalue weighted by Crippen LogP contribution is 0.960. The molecule has 0 aliphatic rings. The van der Waals surface area contributed by atoms with Crippen LogP contribution in [-0.2, 0) is 0 Å². The predicted molar refractivity (Wildman–Crippen MR) is 27.9 cm³/mol. The van der Waals surface area contributed by atoms with Crippen LogP contribution >= 0.6 is 0 Å². The van der Waals surface area contributed by atoms with E-state index in [1.165, 1.54) is 6.82 Å². The average molecular weight is 89.9 g/mol. The topological polar surface area (TPSA) is 40.5 Å². The van der Waals surface area contributed by atoms with Crippen LogP contribution in [0.5, 0.6) is 0 Å². The van der Waals surface area contributed by atoms with Crippen molar-refractivity contribution in [2.24, 2.45) is 0 Å². The van der Waals surface area contributed by atoms with Crippen LogP contribution in [0.1, 0.15) is 0 Å². The minimum absolute atomic E-state index is 1.00. The van der Waals surface area contributed by atoms with E-state index in [9.17, 15) is 0 Å².